The highest BCUT2D eigenvalue weighted by atomic mass is 16.6. The zero-order valence-electron chi connectivity index (χ0n) is 20.4. The number of carbonyl (C=O) groups excluding carboxylic acids is 1. The van der Waals surface area contributed by atoms with E-state index in [0.29, 0.717) is 12.5 Å². The molecule has 2 saturated heterocycles. The molecule has 2 aromatic carbocycles. The van der Waals surface area contributed by atoms with Crippen LogP contribution in [0.1, 0.15) is 48.8 Å². The van der Waals surface area contributed by atoms with E-state index in [9.17, 15) is 10.1 Å². The van der Waals surface area contributed by atoms with Gasteiger partial charge in [0.1, 0.15) is 6.10 Å². The average molecular weight is 461 g/mol. The van der Waals surface area contributed by atoms with Crippen molar-refractivity contribution in [2.45, 2.75) is 45.1 Å². The highest BCUT2D eigenvalue weighted by Gasteiger charge is 2.34. The van der Waals surface area contributed by atoms with Gasteiger partial charge in [0.2, 0.25) is 0 Å². The summed E-state index contributed by atoms with van der Waals surface area (Å²) in [5.41, 5.74) is 4.12. The Morgan fingerprint density at radius 1 is 1.09 bits per heavy atom. The van der Waals surface area contributed by atoms with Crippen molar-refractivity contribution in [2.75, 3.05) is 50.7 Å². The van der Waals surface area contributed by atoms with Crippen LogP contribution in [0.3, 0.4) is 0 Å². The monoisotopic (exact) mass is 460 g/mol. The molecule has 1 amide bonds. The first-order valence-electron chi connectivity index (χ1n) is 12.6. The summed E-state index contributed by atoms with van der Waals surface area (Å²) in [6.45, 7) is 11.0. The van der Waals surface area contributed by atoms with Crippen LogP contribution in [0.2, 0.25) is 0 Å². The Bertz CT molecular complexity index is 995. The summed E-state index contributed by atoms with van der Waals surface area (Å²) in [7, 11) is 0. The first-order chi connectivity index (χ1) is 16.6. The molecule has 4 rings (SSSR count). The summed E-state index contributed by atoms with van der Waals surface area (Å²) in [5.74, 6) is 0.553. The Labute approximate surface area is 203 Å². The predicted molar refractivity (Wildman–Crippen MR) is 135 cm³/mol. The largest absolute Gasteiger partial charge is 0.443 e. The predicted octanol–water partition coefficient (Wildman–Crippen LogP) is 4.78. The third-order valence-corrected chi connectivity index (χ3v) is 7.23. The van der Waals surface area contributed by atoms with Gasteiger partial charge in [0.25, 0.3) is 0 Å². The number of piperazine rings is 1. The minimum Gasteiger partial charge on any atom is -0.443 e. The van der Waals surface area contributed by atoms with Crippen molar-refractivity contribution >= 4 is 11.8 Å². The van der Waals surface area contributed by atoms with Gasteiger partial charge in [-0.15, -0.1) is 0 Å². The summed E-state index contributed by atoms with van der Waals surface area (Å²) >= 11 is 0. The lowest BCUT2D eigenvalue weighted by molar-refractivity contribution is 0.0763. The number of aryl methyl sites for hydroxylation is 1. The number of amides is 1. The van der Waals surface area contributed by atoms with Gasteiger partial charge in [-0.1, -0.05) is 37.3 Å². The van der Waals surface area contributed by atoms with Gasteiger partial charge in [-0.2, -0.15) is 5.26 Å². The molecule has 2 aromatic rings. The molecular weight excluding hydrogens is 424 g/mol. The van der Waals surface area contributed by atoms with Crippen LogP contribution in [-0.2, 0) is 4.74 Å². The smallest absolute Gasteiger partial charge is 0.414 e. The highest BCUT2D eigenvalue weighted by molar-refractivity contribution is 5.89. The Morgan fingerprint density at radius 3 is 2.50 bits per heavy atom. The minimum absolute atomic E-state index is 0.0690. The SMILES string of the molecule is CCC(CCCN1CCN(CC2CN(c3ccccc3)C(=O)O2)CC1)c1ccc(C#N)c(C)c1. The molecule has 0 spiro atoms. The van der Waals surface area contributed by atoms with Crippen molar-refractivity contribution in [1.82, 2.24) is 9.80 Å². The van der Waals surface area contributed by atoms with E-state index in [-0.39, 0.29) is 12.2 Å². The normalized spacial score (nSPS) is 20.2. The van der Waals surface area contributed by atoms with Gasteiger partial charge in [-0.25, -0.2) is 4.79 Å². The van der Waals surface area contributed by atoms with Crippen molar-refractivity contribution in [2.24, 2.45) is 0 Å². The van der Waals surface area contributed by atoms with Gasteiger partial charge in [0.05, 0.1) is 18.2 Å². The van der Waals surface area contributed by atoms with E-state index in [0.717, 1.165) is 62.5 Å². The molecule has 180 valence electrons. The molecule has 6 heteroatoms. The number of nitriles is 1. The minimum atomic E-state index is -0.238. The zero-order valence-corrected chi connectivity index (χ0v) is 20.4. The number of anilines is 1. The maximum atomic E-state index is 12.3. The molecule has 2 atom stereocenters. The van der Waals surface area contributed by atoms with Crippen LogP contribution in [0.25, 0.3) is 0 Å². The van der Waals surface area contributed by atoms with Crippen molar-refractivity contribution in [3.63, 3.8) is 0 Å². The molecule has 2 aliphatic heterocycles. The Kier molecular flexibility index (Phi) is 8.21. The van der Waals surface area contributed by atoms with Crippen LogP contribution >= 0.6 is 0 Å². The summed E-state index contributed by atoms with van der Waals surface area (Å²) in [4.78, 5) is 19.0. The second-order valence-corrected chi connectivity index (χ2v) is 9.53. The molecule has 0 bridgehead atoms. The van der Waals surface area contributed by atoms with Crippen LogP contribution in [0.5, 0.6) is 0 Å². The van der Waals surface area contributed by atoms with E-state index in [4.69, 9.17) is 4.74 Å². The molecule has 0 saturated carbocycles. The van der Waals surface area contributed by atoms with Gasteiger partial charge in [0, 0.05) is 38.4 Å². The number of rotatable bonds is 9. The van der Waals surface area contributed by atoms with E-state index in [1.807, 2.05) is 43.3 Å². The van der Waals surface area contributed by atoms with Crippen LogP contribution in [0.4, 0.5) is 10.5 Å². The molecule has 2 fully saturated rings. The lowest BCUT2D eigenvalue weighted by atomic mass is 9.90. The van der Waals surface area contributed by atoms with Gasteiger partial charge in [0.15, 0.2) is 0 Å². The molecule has 34 heavy (non-hydrogen) atoms. The standard InChI is InChI=1S/C28H36N4O2/c1-3-23(24-11-12-25(19-29)22(2)18-24)8-7-13-30-14-16-31(17-15-30)20-27-21-32(28(33)34-27)26-9-5-4-6-10-26/h4-6,9-12,18,23,27H,3,7-8,13-17,20-21H2,1-2H3. The highest BCUT2D eigenvalue weighted by Crippen LogP contribution is 2.27. The Morgan fingerprint density at radius 2 is 1.82 bits per heavy atom. The van der Waals surface area contributed by atoms with Crippen molar-refractivity contribution in [1.29, 1.82) is 5.26 Å². The topological polar surface area (TPSA) is 59.8 Å². The first-order valence-corrected chi connectivity index (χ1v) is 12.6. The summed E-state index contributed by atoms with van der Waals surface area (Å²) in [6, 6.07) is 18.3. The maximum absolute atomic E-state index is 12.3. The summed E-state index contributed by atoms with van der Waals surface area (Å²) in [5, 5.41) is 9.18. The van der Waals surface area contributed by atoms with Crippen LogP contribution in [0, 0.1) is 18.3 Å². The fourth-order valence-electron chi connectivity index (χ4n) is 5.15. The second-order valence-electron chi connectivity index (χ2n) is 9.53. The van der Waals surface area contributed by atoms with Gasteiger partial charge < -0.3 is 9.64 Å². The molecule has 0 N–H and O–H groups in total. The van der Waals surface area contributed by atoms with Crippen LogP contribution < -0.4 is 4.90 Å². The lowest BCUT2D eigenvalue weighted by Gasteiger charge is -2.35. The molecule has 2 unspecified atom stereocenters. The Balaban J connectivity index is 1.18. The van der Waals surface area contributed by atoms with Crippen LogP contribution in [-0.4, -0.2) is 67.8 Å². The number of benzene rings is 2. The van der Waals surface area contributed by atoms with Crippen LogP contribution in [0.15, 0.2) is 48.5 Å². The molecule has 0 aliphatic carbocycles. The number of hydrogen-bond donors (Lipinski definition) is 0. The molecule has 6 nitrogen and oxygen atoms in total. The quantitative estimate of drug-likeness (QED) is 0.539. The van der Waals surface area contributed by atoms with E-state index in [1.165, 1.54) is 18.4 Å². The summed E-state index contributed by atoms with van der Waals surface area (Å²) in [6.07, 6.45) is 3.18. The average Bonchev–Trinajstić information content (AvgIpc) is 3.23. The Hall–Kier alpha value is -2.88. The van der Waals surface area contributed by atoms with Gasteiger partial charge in [-0.3, -0.25) is 9.80 Å². The fraction of sp³-hybridized carbons (Fsp3) is 0.500. The van der Waals surface area contributed by atoms with Crippen molar-refractivity contribution < 1.29 is 9.53 Å². The summed E-state index contributed by atoms with van der Waals surface area (Å²) < 4.78 is 5.64. The van der Waals surface area contributed by atoms with Crippen molar-refractivity contribution in [3.05, 3.63) is 65.2 Å². The number of para-hydroxylation sites is 1. The third kappa shape index (κ3) is 5.97. The lowest BCUT2D eigenvalue weighted by Crippen LogP contribution is -2.49. The van der Waals surface area contributed by atoms with E-state index < -0.39 is 0 Å². The molecule has 2 heterocycles. The van der Waals surface area contributed by atoms with E-state index in [2.05, 4.69) is 34.9 Å². The zero-order chi connectivity index (χ0) is 23.9. The first kappa shape index (κ1) is 24.3. The molecule has 2 aliphatic rings. The van der Waals surface area contributed by atoms with E-state index in [1.54, 1.807) is 4.90 Å². The number of nitrogens with zero attached hydrogens (tertiary/aromatic N) is 4. The molecule has 0 radical (unpaired) electrons. The second kappa shape index (κ2) is 11.5. The van der Waals surface area contributed by atoms with Gasteiger partial charge >= 0.3 is 6.09 Å². The molecular formula is C28H36N4O2. The fourth-order valence-corrected chi connectivity index (χ4v) is 5.15. The number of cyclic esters (lactones) is 1. The number of ether oxygens (including phenoxy) is 1. The third-order valence-electron chi connectivity index (χ3n) is 7.23. The van der Waals surface area contributed by atoms with E-state index >= 15 is 0 Å². The molecule has 0 aromatic heterocycles. The van der Waals surface area contributed by atoms with Gasteiger partial charge in [-0.05, 0) is 68.0 Å². The number of hydrogen-bond acceptors (Lipinski definition) is 5. The van der Waals surface area contributed by atoms with Crippen molar-refractivity contribution in [3.8, 4) is 6.07 Å². The number of carbonyl (C=O) groups is 1. The maximum Gasteiger partial charge on any atom is 0.414 e.